The minimum atomic E-state index is -0.400. The SMILES string of the molecule is CC(C)(C)OC(=O)N1C2CC1CN(C1COC1)C2. The van der Waals surface area contributed by atoms with Gasteiger partial charge in [-0.1, -0.05) is 0 Å². The van der Waals surface area contributed by atoms with Gasteiger partial charge in [-0.15, -0.1) is 0 Å². The molecule has 4 fully saturated rings. The van der Waals surface area contributed by atoms with Crippen LogP contribution in [0.5, 0.6) is 0 Å². The summed E-state index contributed by atoms with van der Waals surface area (Å²) in [6, 6.07) is 1.27. The number of piperazine rings is 1. The Hall–Kier alpha value is -0.810. The van der Waals surface area contributed by atoms with Gasteiger partial charge in [0.15, 0.2) is 0 Å². The Morgan fingerprint density at radius 2 is 1.78 bits per heavy atom. The average Bonchev–Trinajstić information content (AvgIpc) is 2.10. The largest absolute Gasteiger partial charge is 0.444 e. The zero-order valence-corrected chi connectivity index (χ0v) is 11.4. The van der Waals surface area contributed by atoms with Crippen LogP contribution in [0.4, 0.5) is 4.79 Å². The fourth-order valence-corrected chi connectivity index (χ4v) is 2.99. The number of carbonyl (C=O) groups is 1. The molecule has 2 bridgehead atoms. The van der Waals surface area contributed by atoms with Crippen LogP contribution in [0.3, 0.4) is 0 Å². The molecule has 0 aromatic carbocycles. The number of piperidine rings is 1. The normalized spacial score (nSPS) is 32.7. The van der Waals surface area contributed by atoms with Gasteiger partial charge in [0.05, 0.1) is 31.3 Å². The first-order valence-corrected chi connectivity index (χ1v) is 6.77. The summed E-state index contributed by atoms with van der Waals surface area (Å²) in [5, 5.41) is 0. The molecule has 102 valence electrons. The standard InChI is InChI=1S/C13H22N2O3/c1-13(2,3)18-12(16)15-9-4-10(15)6-14(5-9)11-7-17-8-11/h9-11H,4-8H2,1-3H3. The summed E-state index contributed by atoms with van der Waals surface area (Å²) >= 11 is 0. The molecular weight excluding hydrogens is 232 g/mol. The van der Waals surface area contributed by atoms with Crippen molar-refractivity contribution in [2.45, 2.75) is 50.9 Å². The van der Waals surface area contributed by atoms with E-state index in [1.165, 1.54) is 0 Å². The minimum Gasteiger partial charge on any atom is -0.444 e. The molecule has 2 unspecified atom stereocenters. The van der Waals surface area contributed by atoms with Crippen molar-refractivity contribution in [2.75, 3.05) is 26.3 Å². The second kappa shape index (κ2) is 4.10. The summed E-state index contributed by atoms with van der Waals surface area (Å²) in [7, 11) is 0. The summed E-state index contributed by atoms with van der Waals surface area (Å²) in [5.74, 6) is 0. The molecule has 0 N–H and O–H groups in total. The second-order valence-electron chi connectivity index (χ2n) is 6.58. The van der Waals surface area contributed by atoms with E-state index in [0.29, 0.717) is 18.1 Å². The molecule has 0 saturated carbocycles. The van der Waals surface area contributed by atoms with Gasteiger partial charge >= 0.3 is 6.09 Å². The Morgan fingerprint density at radius 3 is 2.22 bits per heavy atom. The van der Waals surface area contributed by atoms with Gasteiger partial charge in [0.1, 0.15) is 5.60 Å². The number of nitrogens with zero attached hydrogens (tertiary/aromatic N) is 2. The Bertz CT molecular complexity index is 337. The fraction of sp³-hybridized carbons (Fsp3) is 0.923. The van der Waals surface area contributed by atoms with E-state index in [0.717, 1.165) is 32.7 Å². The van der Waals surface area contributed by atoms with Crippen molar-refractivity contribution in [3.63, 3.8) is 0 Å². The van der Waals surface area contributed by atoms with E-state index in [2.05, 4.69) is 4.90 Å². The van der Waals surface area contributed by atoms with Crippen molar-refractivity contribution in [3.05, 3.63) is 0 Å². The van der Waals surface area contributed by atoms with Crippen LogP contribution in [-0.4, -0.2) is 65.9 Å². The molecule has 4 rings (SSSR count). The first-order chi connectivity index (χ1) is 8.44. The number of hydrogen-bond acceptors (Lipinski definition) is 4. The van der Waals surface area contributed by atoms with Crippen LogP contribution >= 0.6 is 0 Å². The first kappa shape index (κ1) is 12.2. The molecule has 4 heterocycles. The van der Waals surface area contributed by atoms with Crippen molar-refractivity contribution in [1.82, 2.24) is 9.80 Å². The summed E-state index contributed by atoms with van der Waals surface area (Å²) in [4.78, 5) is 16.5. The Balaban J connectivity index is 1.56. The highest BCUT2D eigenvalue weighted by molar-refractivity contribution is 5.70. The lowest BCUT2D eigenvalue weighted by Gasteiger charge is -2.58. The fourth-order valence-electron chi connectivity index (χ4n) is 2.99. The molecule has 0 aromatic heterocycles. The maximum absolute atomic E-state index is 12.1. The van der Waals surface area contributed by atoms with E-state index in [4.69, 9.17) is 9.47 Å². The zero-order valence-electron chi connectivity index (χ0n) is 11.4. The van der Waals surface area contributed by atoms with Crippen LogP contribution in [0.2, 0.25) is 0 Å². The number of amides is 1. The van der Waals surface area contributed by atoms with E-state index >= 15 is 0 Å². The van der Waals surface area contributed by atoms with Crippen LogP contribution in [0.15, 0.2) is 0 Å². The van der Waals surface area contributed by atoms with Crippen LogP contribution in [0.1, 0.15) is 27.2 Å². The summed E-state index contributed by atoms with van der Waals surface area (Å²) in [5.41, 5.74) is -0.400. The average molecular weight is 254 g/mol. The van der Waals surface area contributed by atoms with Gasteiger partial charge in [-0.05, 0) is 27.2 Å². The Kier molecular flexibility index (Phi) is 2.79. The van der Waals surface area contributed by atoms with Crippen molar-refractivity contribution >= 4 is 6.09 Å². The second-order valence-corrected chi connectivity index (χ2v) is 6.58. The van der Waals surface area contributed by atoms with Gasteiger partial charge in [0.25, 0.3) is 0 Å². The van der Waals surface area contributed by atoms with Gasteiger partial charge in [0.2, 0.25) is 0 Å². The van der Waals surface area contributed by atoms with Crippen LogP contribution in [0.25, 0.3) is 0 Å². The molecule has 0 aromatic rings. The van der Waals surface area contributed by atoms with E-state index < -0.39 is 5.60 Å². The summed E-state index contributed by atoms with van der Waals surface area (Å²) in [6.45, 7) is 9.40. The molecule has 18 heavy (non-hydrogen) atoms. The molecule has 5 nitrogen and oxygen atoms in total. The maximum atomic E-state index is 12.1. The Morgan fingerprint density at radius 1 is 1.17 bits per heavy atom. The summed E-state index contributed by atoms with van der Waals surface area (Å²) < 4.78 is 10.7. The zero-order chi connectivity index (χ0) is 12.9. The molecule has 2 atom stereocenters. The van der Waals surface area contributed by atoms with Gasteiger partial charge in [-0.25, -0.2) is 4.79 Å². The third-order valence-electron chi connectivity index (χ3n) is 3.96. The lowest BCUT2D eigenvalue weighted by molar-refractivity contribution is -0.131. The molecule has 4 saturated heterocycles. The molecule has 0 aliphatic carbocycles. The quantitative estimate of drug-likeness (QED) is 0.702. The molecule has 4 aliphatic heterocycles. The van der Waals surface area contributed by atoms with E-state index in [1.54, 1.807) is 0 Å². The lowest BCUT2D eigenvalue weighted by Crippen LogP contribution is -2.73. The van der Waals surface area contributed by atoms with Gasteiger partial charge in [-0.3, -0.25) is 9.80 Å². The van der Waals surface area contributed by atoms with Crippen molar-refractivity contribution in [3.8, 4) is 0 Å². The number of rotatable bonds is 1. The number of carbonyl (C=O) groups excluding carboxylic acids is 1. The number of ether oxygens (including phenoxy) is 2. The Labute approximate surface area is 108 Å². The third kappa shape index (κ3) is 2.10. The molecule has 5 heteroatoms. The smallest absolute Gasteiger partial charge is 0.410 e. The van der Waals surface area contributed by atoms with Gasteiger partial charge in [0, 0.05) is 13.1 Å². The molecule has 1 amide bonds. The monoisotopic (exact) mass is 254 g/mol. The van der Waals surface area contributed by atoms with Crippen molar-refractivity contribution in [2.24, 2.45) is 0 Å². The molecule has 0 spiro atoms. The molecule has 4 aliphatic rings. The highest BCUT2D eigenvalue weighted by Crippen LogP contribution is 2.35. The van der Waals surface area contributed by atoms with Crippen LogP contribution in [0, 0.1) is 0 Å². The predicted octanol–water partition coefficient (Wildman–Crippen LogP) is 1.08. The van der Waals surface area contributed by atoms with E-state index in [1.807, 2.05) is 25.7 Å². The third-order valence-corrected chi connectivity index (χ3v) is 3.96. The topological polar surface area (TPSA) is 42.0 Å². The van der Waals surface area contributed by atoms with Crippen molar-refractivity contribution in [1.29, 1.82) is 0 Å². The molecule has 0 radical (unpaired) electrons. The predicted molar refractivity (Wildman–Crippen MR) is 66.4 cm³/mol. The van der Waals surface area contributed by atoms with Crippen LogP contribution in [-0.2, 0) is 9.47 Å². The summed E-state index contributed by atoms with van der Waals surface area (Å²) in [6.07, 6.45) is 0.983. The van der Waals surface area contributed by atoms with Gasteiger partial charge < -0.3 is 9.47 Å². The number of fused-ring (bicyclic) bond motifs is 2. The maximum Gasteiger partial charge on any atom is 0.410 e. The highest BCUT2D eigenvalue weighted by Gasteiger charge is 2.50. The number of hydrogen-bond donors (Lipinski definition) is 0. The van der Waals surface area contributed by atoms with E-state index in [-0.39, 0.29) is 6.09 Å². The van der Waals surface area contributed by atoms with E-state index in [9.17, 15) is 4.79 Å². The first-order valence-electron chi connectivity index (χ1n) is 6.77. The highest BCUT2D eigenvalue weighted by atomic mass is 16.6. The minimum absolute atomic E-state index is 0.145. The molecular formula is C13H22N2O3. The van der Waals surface area contributed by atoms with Gasteiger partial charge in [-0.2, -0.15) is 0 Å². The lowest BCUT2D eigenvalue weighted by atomic mass is 9.87. The van der Waals surface area contributed by atoms with Crippen LogP contribution < -0.4 is 0 Å². The van der Waals surface area contributed by atoms with Crippen molar-refractivity contribution < 1.29 is 14.3 Å².